The summed E-state index contributed by atoms with van der Waals surface area (Å²) in [4.78, 5) is 12.4. The van der Waals surface area contributed by atoms with Crippen LogP contribution in [0.4, 0.5) is 5.69 Å². The lowest BCUT2D eigenvalue weighted by Gasteiger charge is -2.11. The van der Waals surface area contributed by atoms with E-state index < -0.39 is 0 Å². The average molecular weight is 465 g/mol. The van der Waals surface area contributed by atoms with Crippen molar-refractivity contribution in [3.8, 4) is 11.4 Å². The molecule has 1 aromatic heterocycles. The molecule has 2 aromatic carbocycles. The predicted molar refractivity (Wildman–Crippen MR) is 122 cm³/mol. The Kier molecular flexibility index (Phi) is 8.57. The Morgan fingerprint density at radius 1 is 1.13 bits per heavy atom. The molecule has 0 fully saturated rings. The number of thioether (sulfide) groups is 1. The molecule has 9 heteroatoms. The molecule has 0 radical (unpaired) electrons. The zero-order valence-electron chi connectivity index (χ0n) is 16.5. The van der Waals surface area contributed by atoms with Crippen molar-refractivity contribution in [1.82, 2.24) is 14.8 Å². The van der Waals surface area contributed by atoms with Gasteiger partial charge in [0.25, 0.3) is 0 Å². The number of aromatic nitrogens is 3. The average Bonchev–Trinajstić information content (AvgIpc) is 3.15. The normalized spacial score (nSPS) is 10.9. The van der Waals surface area contributed by atoms with Crippen LogP contribution in [0.5, 0.6) is 0 Å². The van der Waals surface area contributed by atoms with Crippen molar-refractivity contribution >= 4 is 46.6 Å². The number of amides is 1. The second kappa shape index (κ2) is 11.4. The summed E-state index contributed by atoms with van der Waals surface area (Å²) >= 11 is 13.4. The van der Waals surface area contributed by atoms with Gasteiger partial charge < -0.3 is 14.6 Å². The fourth-order valence-corrected chi connectivity index (χ4v) is 3.83. The molecule has 30 heavy (non-hydrogen) atoms. The number of carbonyl (C=O) groups excluding carboxylic acids is 1. The van der Waals surface area contributed by atoms with Gasteiger partial charge in [0, 0.05) is 30.3 Å². The van der Waals surface area contributed by atoms with Crippen molar-refractivity contribution in [3.05, 3.63) is 58.6 Å². The van der Waals surface area contributed by atoms with Crippen LogP contribution in [0.25, 0.3) is 11.4 Å². The Balaban J connectivity index is 1.71. The first kappa shape index (κ1) is 22.6. The highest BCUT2D eigenvalue weighted by atomic mass is 35.5. The number of anilines is 1. The summed E-state index contributed by atoms with van der Waals surface area (Å²) in [6.07, 6.45) is 0.811. The van der Waals surface area contributed by atoms with E-state index in [0.29, 0.717) is 40.6 Å². The molecule has 3 rings (SSSR count). The van der Waals surface area contributed by atoms with Crippen LogP contribution in [0.3, 0.4) is 0 Å². The van der Waals surface area contributed by atoms with Gasteiger partial charge in [-0.15, -0.1) is 10.2 Å². The maximum absolute atomic E-state index is 12.4. The van der Waals surface area contributed by atoms with Crippen molar-refractivity contribution in [2.24, 2.45) is 0 Å². The van der Waals surface area contributed by atoms with Crippen LogP contribution in [0.2, 0.25) is 10.0 Å². The molecule has 0 atom stereocenters. The Morgan fingerprint density at radius 2 is 1.90 bits per heavy atom. The largest absolute Gasteiger partial charge is 0.382 e. The minimum atomic E-state index is -0.162. The highest BCUT2D eigenvalue weighted by Gasteiger charge is 2.16. The van der Waals surface area contributed by atoms with Gasteiger partial charge in [-0.05, 0) is 49.7 Å². The van der Waals surface area contributed by atoms with E-state index in [9.17, 15) is 4.79 Å². The zero-order valence-corrected chi connectivity index (χ0v) is 18.8. The van der Waals surface area contributed by atoms with E-state index in [1.165, 1.54) is 11.8 Å². The second-order valence-electron chi connectivity index (χ2n) is 6.33. The third-order valence-corrected chi connectivity index (χ3v) is 5.72. The molecule has 0 bridgehead atoms. The molecule has 0 aliphatic carbocycles. The third kappa shape index (κ3) is 6.22. The molecule has 1 N–H and O–H groups in total. The van der Waals surface area contributed by atoms with Crippen LogP contribution in [0.1, 0.15) is 13.3 Å². The topological polar surface area (TPSA) is 69.0 Å². The quantitative estimate of drug-likeness (QED) is 0.320. The lowest BCUT2D eigenvalue weighted by molar-refractivity contribution is -0.113. The summed E-state index contributed by atoms with van der Waals surface area (Å²) in [6, 6.07) is 14.6. The lowest BCUT2D eigenvalue weighted by atomic mass is 10.2. The van der Waals surface area contributed by atoms with Crippen molar-refractivity contribution in [3.63, 3.8) is 0 Å². The van der Waals surface area contributed by atoms with E-state index in [0.717, 1.165) is 17.8 Å². The van der Waals surface area contributed by atoms with Crippen LogP contribution in [0, 0.1) is 0 Å². The molecule has 0 saturated carbocycles. The van der Waals surface area contributed by atoms with Gasteiger partial charge in [-0.2, -0.15) is 0 Å². The number of hydrogen-bond acceptors (Lipinski definition) is 5. The van der Waals surface area contributed by atoms with Crippen LogP contribution < -0.4 is 5.32 Å². The van der Waals surface area contributed by atoms with Crippen LogP contribution in [-0.4, -0.2) is 39.6 Å². The first-order chi connectivity index (χ1) is 14.6. The van der Waals surface area contributed by atoms with Crippen molar-refractivity contribution < 1.29 is 9.53 Å². The van der Waals surface area contributed by atoms with Gasteiger partial charge in [0.05, 0.1) is 16.5 Å². The van der Waals surface area contributed by atoms with Gasteiger partial charge in [0.1, 0.15) is 0 Å². The van der Waals surface area contributed by atoms with Crippen LogP contribution in [0.15, 0.2) is 53.7 Å². The van der Waals surface area contributed by atoms with Gasteiger partial charge >= 0.3 is 0 Å². The molecule has 0 spiro atoms. The number of ether oxygens (including phenoxy) is 1. The smallest absolute Gasteiger partial charge is 0.234 e. The second-order valence-corrected chi connectivity index (χ2v) is 8.12. The maximum atomic E-state index is 12.4. The first-order valence-electron chi connectivity index (χ1n) is 9.52. The Hall–Kier alpha value is -2.06. The van der Waals surface area contributed by atoms with Crippen LogP contribution >= 0.6 is 35.0 Å². The van der Waals surface area contributed by atoms with E-state index in [1.54, 1.807) is 12.1 Å². The van der Waals surface area contributed by atoms with Gasteiger partial charge in [-0.3, -0.25) is 4.79 Å². The van der Waals surface area contributed by atoms with Crippen molar-refractivity contribution in [2.45, 2.75) is 25.0 Å². The molecule has 158 valence electrons. The fraction of sp³-hybridized carbons (Fsp3) is 0.286. The minimum absolute atomic E-state index is 0.162. The summed E-state index contributed by atoms with van der Waals surface area (Å²) in [7, 11) is 0. The standard InChI is InChI=1S/C21H22Cl2N4O2S/c1-2-29-13-5-12-27-20(15-8-10-16(22)11-9-15)25-26-21(27)30-14-19(28)24-18-7-4-3-6-17(18)23/h3-4,6-11H,2,5,12-14H2,1H3,(H,24,28). The summed E-state index contributed by atoms with van der Waals surface area (Å²) in [6.45, 7) is 3.97. The molecule has 0 saturated heterocycles. The molecule has 0 aliphatic heterocycles. The number of para-hydroxylation sites is 1. The van der Waals surface area contributed by atoms with Crippen molar-refractivity contribution in [1.29, 1.82) is 0 Å². The summed E-state index contributed by atoms with van der Waals surface area (Å²) < 4.78 is 7.46. The Bertz CT molecular complexity index is 979. The highest BCUT2D eigenvalue weighted by molar-refractivity contribution is 7.99. The van der Waals surface area contributed by atoms with Gasteiger partial charge in [0.2, 0.25) is 5.91 Å². The molecule has 6 nitrogen and oxygen atoms in total. The summed E-state index contributed by atoms with van der Waals surface area (Å²) in [5, 5.41) is 13.3. The van der Waals surface area contributed by atoms with E-state index in [1.807, 2.05) is 47.9 Å². The molecule has 0 aliphatic rings. The van der Waals surface area contributed by atoms with Gasteiger partial charge in [-0.1, -0.05) is 47.1 Å². The number of carbonyl (C=O) groups is 1. The molecule has 1 amide bonds. The van der Waals surface area contributed by atoms with Crippen molar-refractivity contribution in [2.75, 3.05) is 24.3 Å². The number of benzene rings is 2. The van der Waals surface area contributed by atoms with E-state index >= 15 is 0 Å². The minimum Gasteiger partial charge on any atom is -0.382 e. The number of nitrogens with zero attached hydrogens (tertiary/aromatic N) is 3. The summed E-state index contributed by atoms with van der Waals surface area (Å²) in [5.74, 6) is 0.761. The number of hydrogen-bond donors (Lipinski definition) is 1. The molecular formula is C21H22Cl2N4O2S. The SMILES string of the molecule is CCOCCCn1c(SCC(=O)Nc2ccccc2Cl)nnc1-c1ccc(Cl)cc1. The highest BCUT2D eigenvalue weighted by Crippen LogP contribution is 2.26. The van der Waals surface area contributed by atoms with Crippen LogP contribution in [-0.2, 0) is 16.1 Å². The monoisotopic (exact) mass is 464 g/mol. The molecule has 0 unspecified atom stereocenters. The molecule has 1 heterocycles. The number of rotatable bonds is 10. The fourth-order valence-electron chi connectivity index (χ4n) is 2.76. The Morgan fingerprint density at radius 3 is 2.63 bits per heavy atom. The molecular weight excluding hydrogens is 443 g/mol. The van der Waals surface area contributed by atoms with E-state index in [4.69, 9.17) is 27.9 Å². The van der Waals surface area contributed by atoms with Gasteiger partial charge in [-0.25, -0.2) is 0 Å². The molecule has 3 aromatic rings. The Labute approximate surface area is 189 Å². The lowest BCUT2D eigenvalue weighted by Crippen LogP contribution is -2.15. The summed E-state index contributed by atoms with van der Waals surface area (Å²) in [5.41, 5.74) is 1.50. The maximum Gasteiger partial charge on any atom is 0.234 e. The number of nitrogens with one attached hydrogen (secondary N) is 1. The van der Waals surface area contributed by atoms with E-state index in [2.05, 4.69) is 15.5 Å². The number of halogens is 2. The zero-order chi connectivity index (χ0) is 21.3. The third-order valence-electron chi connectivity index (χ3n) is 4.17. The van der Waals surface area contributed by atoms with Gasteiger partial charge in [0.15, 0.2) is 11.0 Å². The first-order valence-corrected chi connectivity index (χ1v) is 11.3. The predicted octanol–water partition coefficient (Wildman–Crippen LogP) is 5.41. The van der Waals surface area contributed by atoms with E-state index in [-0.39, 0.29) is 11.7 Å².